The molecule has 1 saturated heterocycles. The van der Waals surface area contributed by atoms with E-state index in [1.54, 1.807) is 12.1 Å². The van der Waals surface area contributed by atoms with Crippen LogP contribution in [0.5, 0.6) is 0 Å². The summed E-state index contributed by atoms with van der Waals surface area (Å²) in [5.74, 6) is -4.14. The van der Waals surface area contributed by atoms with Gasteiger partial charge in [0.2, 0.25) is 0 Å². The molecule has 0 spiro atoms. The van der Waals surface area contributed by atoms with Crippen LogP contribution in [0.25, 0.3) is 22.3 Å². The topological polar surface area (TPSA) is 9.23 Å². The molecule has 184 valence electrons. The van der Waals surface area contributed by atoms with Gasteiger partial charge in [-0.05, 0) is 48.8 Å². The molecule has 5 heteroatoms. The van der Waals surface area contributed by atoms with Crippen molar-refractivity contribution in [3.05, 3.63) is 95.6 Å². The highest BCUT2D eigenvalue weighted by molar-refractivity contribution is 5.72. The largest absolute Gasteiger partial charge is 0.378 e. The first-order valence-corrected chi connectivity index (χ1v) is 12.2. The standard InChI is InChI=1S/C30H30F4O/c1-3-5-20-6-9-21(10-7-20)24-16-17-26(30(34)28(24)32)25-15-12-22(27(31)29(25)33)11-14-23-13-8-19(4-2)18-35-23/h4,6-7,9-10,12,15-17,19,23H,2-3,5,8,11,13-14,18H2,1H3. The van der Waals surface area contributed by atoms with Crippen LogP contribution in [-0.2, 0) is 17.6 Å². The lowest BCUT2D eigenvalue weighted by Crippen LogP contribution is -2.25. The molecule has 3 aromatic rings. The highest BCUT2D eigenvalue weighted by Crippen LogP contribution is 2.34. The fraction of sp³-hybridized carbons (Fsp3) is 0.333. The molecule has 3 aromatic carbocycles. The number of benzene rings is 3. The number of halogens is 4. The van der Waals surface area contributed by atoms with Gasteiger partial charge in [-0.3, -0.25) is 0 Å². The summed E-state index contributed by atoms with van der Waals surface area (Å²) in [6.45, 7) is 6.44. The number of hydrogen-bond acceptors (Lipinski definition) is 1. The van der Waals surface area contributed by atoms with Gasteiger partial charge < -0.3 is 4.74 Å². The molecule has 1 fully saturated rings. The Morgan fingerprint density at radius 1 is 0.800 bits per heavy atom. The molecule has 0 N–H and O–H groups in total. The Hall–Kier alpha value is -2.92. The number of rotatable bonds is 8. The van der Waals surface area contributed by atoms with Crippen molar-refractivity contribution in [2.75, 3.05) is 6.61 Å². The van der Waals surface area contributed by atoms with E-state index in [1.807, 2.05) is 18.2 Å². The number of aryl methyl sites for hydroxylation is 2. The van der Waals surface area contributed by atoms with Crippen LogP contribution in [-0.4, -0.2) is 12.7 Å². The third-order valence-corrected chi connectivity index (χ3v) is 6.81. The zero-order chi connectivity index (χ0) is 24.9. The van der Waals surface area contributed by atoms with E-state index < -0.39 is 23.3 Å². The van der Waals surface area contributed by atoms with E-state index in [0.29, 0.717) is 30.9 Å². The normalized spacial score (nSPS) is 18.0. The van der Waals surface area contributed by atoms with E-state index in [0.717, 1.165) is 31.2 Å². The molecular formula is C30H30F4O. The molecule has 1 aliphatic heterocycles. The average molecular weight is 483 g/mol. The Morgan fingerprint density at radius 3 is 2.06 bits per heavy atom. The molecule has 0 radical (unpaired) electrons. The summed E-state index contributed by atoms with van der Waals surface area (Å²) in [7, 11) is 0. The fourth-order valence-electron chi connectivity index (χ4n) is 4.67. The highest BCUT2D eigenvalue weighted by atomic mass is 19.2. The first-order chi connectivity index (χ1) is 16.9. The third kappa shape index (κ3) is 5.51. The van der Waals surface area contributed by atoms with Gasteiger partial charge in [0.05, 0.1) is 12.7 Å². The Kier molecular flexibility index (Phi) is 8.07. The Morgan fingerprint density at radius 2 is 1.43 bits per heavy atom. The van der Waals surface area contributed by atoms with Crippen molar-refractivity contribution in [1.82, 2.24) is 0 Å². The zero-order valence-corrected chi connectivity index (χ0v) is 19.9. The molecular weight excluding hydrogens is 452 g/mol. The van der Waals surface area contributed by atoms with Crippen molar-refractivity contribution in [3.63, 3.8) is 0 Å². The molecule has 0 aliphatic carbocycles. The summed E-state index contributed by atoms with van der Waals surface area (Å²) < 4.78 is 65.6. The summed E-state index contributed by atoms with van der Waals surface area (Å²) in [4.78, 5) is 0. The molecule has 0 saturated carbocycles. The summed E-state index contributed by atoms with van der Waals surface area (Å²) in [6, 6.07) is 12.7. The lowest BCUT2D eigenvalue weighted by atomic mass is 9.94. The second-order valence-corrected chi connectivity index (χ2v) is 9.20. The maximum absolute atomic E-state index is 15.0. The van der Waals surface area contributed by atoms with Crippen molar-refractivity contribution >= 4 is 0 Å². The molecule has 2 atom stereocenters. The van der Waals surface area contributed by atoms with Gasteiger partial charge in [-0.25, -0.2) is 17.6 Å². The van der Waals surface area contributed by atoms with E-state index >= 15 is 4.39 Å². The van der Waals surface area contributed by atoms with Gasteiger partial charge >= 0.3 is 0 Å². The predicted molar refractivity (Wildman–Crippen MR) is 132 cm³/mol. The summed E-state index contributed by atoms with van der Waals surface area (Å²) >= 11 is 0. The zero-order valence-electron chi connectivity index (χ0n) is 19.9. The van der Waals surface area contributed by atoms with Gasteiger partial charge in [-0.15, -0.1) is 6.58 Å². The van der Waals surface area contributed by atoms with Crippen LogP contribution in [0.3, 0.4) is 0 Å². The molecule has 4 rings (SSSR count). The molecule has 0 aromatic heterocycles. The summed E-state index contributed by atoms with van der Waals surface area (Å²) in [5, 5.41) is 0. The first-order valence-electron chi connectivity index (χ1n) is 12.2. The molecule has 0 bridgehead atoms. The van der Waals surface area contributed by atoms with Gasteiger partial charge in [0.15, 0.2) is 23.3 Å². The van der Waals surface area contributed by atoms with Crippen molar-refractivity contribution in [2.45, 2.75) is 51.6 Å². The van der Waals surface area contributed by atoms with E-state index in [9.17, 15) is 13.2 Å². The fourth-order valence-corrected chi connectivity index (χ4v) is 4.67. The summed E-state index contributed by atoms with van der Waals surface area (Å²) in [5.41, 5.74) is 1.32. The number of hydrogen-bond donors (Lipinski definition) is 0. The minimum Gasteiger partial charge on any atom is -0.378 e. The van der Waals surface area contributed by atoms with Crippen LogP contribution in [0.4, 0.5) is 17.6 Å². The molecule has 2 unspecified atom stereocenters. The van der Waals surface area contributed by atoms with Gasteiger partial charge in [0.25, 0.3) is 0 Å². The van der Waals surface area contributed by atoms with Crippen LogP contribution in [0.2, 0.25) is 0 Å². The Bertz CT molecular complexity index is 1180. The number of ether oxygens (including phenoxy) is 1. The Labute approximate surface area is 204 Å². The van der Waals surface area contributed by atoms with E-state index in [4.69, 9.17) is 4.74 Å². The van der Waals surface area contributed by atoms with Gasteiger partial charge in [-0.1, -0.05) is 68.0 Å². The van der Waals surface area contributed by atoms with Crippen molar-refractivity contribution in [3.8, 4) is 22.3 Å². The molecule has 35 heavy (non-hydrogen) atoms. The Balaban J connectivity index is 1.53. The highest BCUT2D eigenvalue weighted by Gasteiger charge is 2.23. The lowest BCUT2D eigenvalue weighted by molar-refractivity contribution is -0.00789. The van der Waals surface area contributed by atoms with E-state index in [2.05, 4.69) is 13.5 Å². The first kappa shape index (κ1) is 25.2. The van der Waals surface area contributed by atoms with Gasteiger partial charge in [0.1, 0.15) is 0 Å². The van der Waals surface area contributed by atoms with Crippen LogP contribution in [0.15, 0.2) is 61.2 Å². The van der Waals surface area contributed by atoms with Crippen LogP contribution in [0.1, 0.15) is 43.7 Å². The maximum atomic E-state index is 15.0. The predicted octanol–water partition coefficient (Wildman–Crippen LogP) is 8.44. The van der Waals surface area contributed by atoms with Crippen LogP contribution < -0.4 is 0 Å². The van der Waals surface area contributed by atoms with Crippen LogP contribution >= 0.6 is 0 Å². The molecule has 1 nitrogen and oxygen atoms in total. The second kappa shape index (κ2) is 11.2. The van der Waals surface area contributed by atoms with E-state index in [1.165, 1.54) is 24.3 Å². The SMILES string of the molecule is C=CC1CCC(CCc2ccc(-c3ccc(-c4ccc(CCC)cc4)c(F)c3F)c(F)c2F)OC1. The minimum absolute atomic E-state index is 0.0107. The van der Waals surface area contributed by atoms with Gasteiger partial charge in [0, 0.05) is 22.6 Å². The smallest absolute Gasteiger partial charge is 0.167 e. The average Bonchev–Trinajstić information content (AvgIpc) is 2.88. The van der Waals surface area contributed by atoms with Gasteiger partial charge in [-0.2, -0.15) is 0 Å². The maximum Gasteiger partial charge on any atom is 0.167 e. The van der Waals surface area contributed by atoms with E-state index in [-0.39, 0.29) is 28.4 Å². The van der Waals surface area contributed by atoms with Crippen molar-refractivity contribution in [1.29, 1.82) is 0 Å². The quantitative estimate of drug-likeness (QED) is 0.231. The third-order valence-electron chi connectivity index (χ3n) is 6.81. The summed E-state index contributed by atoms with van der Waals surface area (Å²) in [6.07, 6.45) is 6.43. The second-order valence-electron chi connectivity index (χ2n) is 9.20. The minimum atomic E-state index is -1.20. The molecule has 1 aliphatic rings. The van der Waals surface area contributed by atoms with Crippen molar-refractivity contribution in [2.24, 2.45) is 5.92 Å². The molecule has 1 heterocycles. The monoisotopic (exact) mass is 482 g/mol. The van der Waals surface area contributed by atoms with Crippen LogP contribution in [0, 0.1) is 29.2 Å². The molecule has 0 amide bonds. The lowest BCUT2D eigenvalue weighted by Gasteiger charge is -2.27. The van der Waals surface area contributed by atoms with Crippen molar-refractivity contribution < 1.29 is 22.3 Å².